The van der Waals surface area contributed by atoms with Crippen LogP contribution in [0.3, 0.4) is 0 Å². The Morgan fingerprint density at radius 1 is 1.08 bits per heavy atom. The summed E-state index contributed by atoms with van der Waals surface area (Å²) in [6.45, 7) is 2.17. The lowest BCUT2D eigenvalue weighted by molar-refractivity contribution is -0.211. The van der Waals surface area contributed by atoms with E-state index >= 15 is 0 Å². The van der Waals surface area contributed by atoms with Gasteiger partial charge in [-0.2, -0.15) is 0 Å². The van der Waals surface area contributed by atoms with Crippen molar-refractivity contribution in [2.45, 2.75) is 62.1 Å². The first-order valence-corrected chi connectivity index (χ1v) is 13.7. The molecule has 2 aromatic rings. The second-order valence-electron chi connectivity index (χ2n) is 11.6. The second kappa shape index (κ2) is 8.26. The largest absolute Gasteiger partial charge is 0.493 e. The standard InChI is InChI=1S/C30H36N2O6/c1-6-16-17-13-20-26-30(18-9-7-8-10-19(18)31(26)2)14-21(32(20)28(16)33)24(17)27(30)38-29(34)15-11-22(35-3)25(37-5)23(12-15)36-4/h7-12,16-17,20-21,24,26-28,33H,6,13-14H2,1-5H3/t16-,17-,20-,21-,24-,26-,27+,28+,30?/m0/s1. The first-order valence-electron chi connectivity index (χ1n) is 13.7. The van der Waals surface area contributed by atoms with Crippen molar-refractivity contribution < 1.29 is 28.8 Å². The maximum absolute atomic E-state index is 13.9. The average Bonchev–Trinajstić information content (AvgIpc) is 3.34. The van der Waals surface area contributed by atoms with Gasteiger partial charge < -0.3 is 29.0 Å². The summed E-state index contributed by atoms with van der Waals surface area (Å²) in [4.78, 5) is 18.7. The number of benzene rings is 2. The molecule has 5 heterocycles. The van der Waals surface area contributed by atoms with Gasteiger partial charge >= 0.3 is 5.97 Å². The number of carbonyl (C=O) groups excluding carboxylic acids is 1. The summed E-state index contributed by atoms with van der Waals surface area (Å²) < 4.78 is 23.2. The van der Waals surface area contributed by atoms with Crippen LogP contribution in [-0.2, 0) is 10.2 Å². The molecule has 0 amide bonds. The Morgan fingerprint density at radius 2 is 1.79 bits per heavy atom. The van der Waals surface area contributed by atoms with Crippen LogP contribution in [0.15, 0.2) is 36.4 Å². The zero-order valence-corrected chi connectivity index (χ0v) is 22.6. The normalized spacial score (nSPS) is 39.1. The number of carbonyl (C=O) groups is 1. The maximum atomic E-state index is 13.9. The molecule has 2 unspecified atom stereocenters. The van der Waals surface area contributed by atoms with Gasteiger partial charge in [-0.3, -0.25) is 4.90 Å². The van der Waals surface area contributed by atoms with Crippen molar-refractivity contribution in [3.8, 4) is 17.2 Å². The summed E-state index contributed by atoms with van der Waals surface area (Å²) in [6, 6.07) is 12.5. The molecule has 6 aliphatic rings. The minimum Gasteiger partial charge on any atom is -0.493 e. The van der Waals surface area contributed by atoms with E-state index < -0.39 is 6.23 Å². The first kappa shape index (κ1) is 24.1. The number of nitrogens with zero attached hydrogens (tertiary/aromatic N) is 2. The Kier molecular flexibility index (Phi) is 5.24. The van der Waals surface area contributed by atoms with Gasteiger partial charge in [0.25, 0.3) is 0 Å². The van der Waals surface area contributed by atoms with E-state index in [2.05, 4.69) is 48.0 Å². The van der Waals surface area contributed by atoms with E-state index in [1.165, 1.54) is 11.3 Å². The lowest BCUT2D eigenvalue weighted by atomic mass is 9.62. The van der Waals surface area contributed by atoms with E-state index in [9.17, 15) is 9.90 Å². The Bertz CT molecular complexity index is 1270. The third-order valence-corrected chi connectivity index (χ3v) is 10.6. The van der Waals surface area contributed by atoms with Crippen LogP contribution in [0.2, 0.25) is 0 Å². The monoisotopic (exact) mass is 520 g/mol. The van der Waals surface area contributed by atoms with Gasteiger partial charge in [-0.05, 0) is 48.9 Å². The summed E-state index contributed by atoms with van der Waals surface area (Å²) in [5.41, 5.74) is 2.55. The topological polar surface area (TPSA) is 80.7 Å². The number of para-hydroxylation sites is 1. The molecule has 202 valence electrons. The summed E-state index contributed by atoms with van der Waals surface area (Å²) >= 11 is 0. The smallest absolute Gasteiger partial charge is 0.338 e. The Hall–Kier alpha value is -2.97. The molecule has 8 rings (SSSR count). The van der Waals surface area contributed by atoms with Gasteiger partial charge in [0.05, 0.1) is 38.3 Å². The number of methoxy groups -OCH3 is 3. The fourth-order valence-corrected chi connectivity index (χ4v) is 9.41. The lowest BCUT2D eigenvalue weighted by Gasteiger charge is -2.62. The number of rotatable bonds is 6. The molecule has 0 aromatic heterocycles. The van der Waals surface area contributed by atoms with E-state index in [0.717, 1.165) is 19.3 Å². The summed E-state index contributed by atoms with van der Waals surface area (Å²) in [5, 5.41) is 11.5. The van der Waals surface area contributed by atoms with Gasteiger partial charge in [-0.15, -0.1) is 0 Å². The number of aliphatic hydroxyl groups is 1. The molecule has 6 bridgehead atoms. The molecule has 4 saturated heterocycles. The van der Waals surface area contributed by atoms with Gasteiger partial charge in [0.15, 0.2) is 11.5 Å². The predicted molar refractivity (Wildman–Crippen MR) is 141 cm³/mol. The molecule has 5 aliphatic heterocycles. The van der Waals surface area contributed by atoms with E-state index in [1.807, 2.05) is 0 Å². The molecule has 8 nitrogen and oxygen atoms in total. The van der Waals surface area contributed by atoms with Crippen LogP contribution in [0.25, 0.3) is 0 Å². The van der Waals surface area contributed by atoms with Gasteiger partial charge in [0, 0.05) is 36.7 Å². The lowest BCUT2D eigenvalue weighted by Crippen LogP contribution is -2.72. The SMILES string of the molecule is CC[C@H]1[C@@H]2C[C@H]3[C@@H]4N(C)c5ccccc5C45C[C@@H]([C@H]2[C@H]5OC(=O)c2cc(OC)c(OC)c(OC)c2)N3[C@@H]1O. The minimum atomic E-state index is -0.440. The maximum Gasteiger partial charge on any atom is 0.338 e. The van der Waals surface area contributed by atoms with Gasteiger partial charge in [0.1, 0.15) is 12.3 Å². The van der Waals surface area contributed by atoms with Crippen LogP contribution in [0.1, 0.15) is 42.1 Å². The van der Waals surface area contributed by atoms with Crippen LogP contribution in [-0.4, -0.2) is 74.8 Å². The molecule has 38 heavy (non-hydrogen) atoms. The number of esters is 1. The van der Waals surface area contributed by atoms with E-state index in [-0.39, 0.29) is 47.4 Å². The highest BCUT2D eigenvalue weighted by atomic mass is 16.5. The van der Waals surface area contributed by atoms with Crippen molar-refractivity contribution in [1.82, 2.24) is 4.90 Å². The number of fused-ring (bicyclic) bond motifs is 2. The summed E-state index contributed by atoms with van der Waals surface area (Å²) in [5.74, 6) is 1.58. The van der Waals surface area contributed by atoms with Crippen LogP contribution >= 0.6 is 0 Å². The van der Waals surface area contributed by atoms with E-state index in [0.29, 0.717) is 28.7 Å². The Labute approximate surface area is 223 Å². The highest BCUT2D eigenvalue weighted by Crippen LogP contribution is 2.69. The molecular formula is C30H36N2O6. The van der Waals surface area contributed by atoms with Crippen LogP contribution in [0, 0.1) is 17.8 Å². The van der Waals surface area contributed by atoms with Crippen molar-refractivity contribution in [2.75, 3.05) is 33.3 Å². The van der Waals surface area contributed by atoms with Crippen LogP contribution in [0.4, 0.5) is 5.69 Å². The first-order chi connectivity index (χ1) is 18.4. The van der Waals surface area contributed by atoms with Crippen molar-refractivity contribution in [3.05, 3.63) is 47.5 Å². The molecule has 1 aliphatic carbocycles. The minimum absolute atomic E-state index is 0.136. The molecule has 1 N–H and O–H groups in total. The van der Waals surface area contributed by atoms with Crippen LogP contribution < -0.4 is 19.1 Å². The molecule has 2 aromatic carbocycles. The zero-order chi connectivity index (χ0) is 26.5. The Morgan fingerprint density at radius 3 is 2.45 bits per heavy atom. The van der Waals surface area contributed by atoms with Gasteiger partial charge in [-0.1, -0.05) is 25.1 Å². The van der Waals surface area contributed by atoms with Crippen molar-refractivity contribution in [3.63, 3.8) is 0 Å². The van der Waals surface area contributed by atoms with Gasteiger partial charge in [-0.25, -0.2) is 4.79 Å². The molecule has 1 spiro atoms. The number of ether oxygens (including phenoxy) is 4. The molecule has 10 atom stereocenters. The number of hydrogen-bond acceptors (Lipinski definition) is 8. The molecule has 1 saturated carbocycles. The molecule has 0 radical (unpaired) electrons. The highest BCUT2D eigenvalue weighted by Gasteiger charge is 2.77. The molecule has 5 fully saturated rings. The number of piperidine rings is 4. The van der Waals surface area contributed by atoms with Crippen molar-refractivity contribution in [2.24, 2.45) is 17.8 Å². The number of aliphatic hydroxyl groups excluding tert-OH is 1. The molecular weight excluding hydrogens is 484 g/mol. The summed E-state index contributed by atoms with van der Waals surface area (Å²) in [6.07, 6.45) is 2.09. The number of anilines is 1. The predicted octanol–water partition coefficient (Wildman–Crippen LogP) is 3.45. The van der Waals surface area contributed by atoms with Crippen LogP contribution in [0.5, 0.6) is 17.2 Å². The Balaban J connectivity index is 1.35. The third-order valence-electron chi connectivity index (χ3n) is 10.6. The highest BCUT2D eigenvalue weighted by molar-refractivity contribution is 5.91. The number of hydrogen-bond donors (Lipinski definition) is 1. The zero-order valence-electron chi connectivity index (χ0n) is 22.6. The van der Waals surface area contributed by atoms with Gasteiger partial charge in [0.2, 0.25) is 5.75 Å². The molecule has 8 heteroatoms. The third kappa shape index (κ3) is 2.75. The average molecular weight is 521 g/mol. The van der Waals surface area contributed by atoms with Crippen molar-refractivity contribution in [1.29, 1.82) is 0 Å². The summed E-state index contributed by atoms with van der Waals surface area (Å²) in [7, 11) is 6.80. The van der Waals surface area contributed by atoms with E-state index in [4.69, 9.17) is 18.9 Å². The van der Waals surface area contributed by atoms with Crippen molar-refractivity contribution >= 4 is 11.7 Å². The number of likely N-dealkylation sites (N-methyl/N-ethyl adjacent to an activating group) is 1. The quantitative estimate of drug-likeness (QED) is 0.581. The fourth-order valence-electron chi connectivity index (χ4n) is 9.41. The fraction of sp³-hybridized carbons (Fsp3) is 0.567. The van der Waals surface area contributed by atoms with E-state index in [1.54, 1.807) is 33.5 Å². The second-order valence-corrected chi connectivity index (χ2v) is 11.6.